The normalized spacial score (nSPS) is 19.1. The van der Waals surface area contributed by atoms with Crippen LogP contribution in [-0.2, 0) is 11.2 Å². The summed E-state index contributed by atoms with van der Waals surface area (Å²) >= 11 is 0. The molecule has 2 rings (SSSR count). The van der Waals surface area contributed by atoms with E-state index in [1.54, 1.807) is 0 Å². The lowest BCUT2D eigenvalue weighted by molar-refractivity contribution is -0.122. The maximum absolute atomic E-state index is 13.5. The number of hydrogen-bond donors (Lipinski definition) is 2. The van der Waals surface area contributed by atoms with E-state index >= 15 is 0 Å². The molecule has 0 saturated carbocycles. The van der Waals surface area contributed by atoms with E-state index in [1.807, 2.05) is 7.05 Å². The van der Waals surface area contributed by atoms with E-state index in [9.17, 15) is 13.6 Å². The van der Waals surface area contributed by atoms with Crippen molar-refractivity contribution in [3.05, 3.63) is 35.4 Å². The Morgan fingerprint density at radius 3 is 2.77 bits per heavy atom. The summed E-state index contributed by atoms with van der Waals surface area (Å²) in [5.41, 5.74) is 0.0241. The van der Waals surface area contributed by atoms with E-state index in [2.05, 4.69) is 15.5 Å². The fraction of sp³-hybridized carbons (Fsp3) is 0.562. The molecule has 1 heterocycles. The van der Waals surface area contributed by atoms with Gasteiger partial charge in [0.05, 0.1) is 6.54 Å². The predicted octanol–water partition coefficient (Wildman–Crippen LogP) is 1.31. The largest absolute Gasteiger partial charge is 0.355 e. The lowest BCUT2D eigenvalue weighted by Gasteiger charge is -2.31. The summed E-state index contributed by atoms with van der Waals surface area (Å²) in [4.78, 5) is 14.0. The fourth-order valence-corrected chi connectivity index (χ4v) is 2.79. The topological polar surface area (TPSA) is 44.4 Å². The maximum atomic E-state index is 13.5. The highest BCUT2D eigenvalue weighted by Crippen LogP contribution is 2.12. The number of likely N-dealkylation sites (tertiary alicyclic amines) is 1. The molecule has 6 heteroatoms. The Balaban J connectivity index is 1.74. The van der Waals surface area contributed by atoms with Gasteiger partial charge >= 0.3 is 0 Å². The Morgan fingerprint density at radius 1 is 1.36 bits per heavy atom. The average Bonchev–Trinajstić information content (AvgIpc) is 2.50. The molecule has 1 atom stereocenters. The minimum atomic E-state index is -0.567. The van der Waals surface area contributed by atoms with E-state index in [0.29, 0.717) is 12.6 Å². The van der Waals surface area contributed by atoms with E-state index in [-0.39, 0.29) is 24.4 Å². The lowest BCUT2D eigenvalue weighted by Crippen LogP contribution is -2.48. The van der Waals surface area contributed by atoms with E-state index in [4.69, 9.17) is 0 Å². The number of carbonyl (C=O) groups excluding carboxylic acids is 1. The molecule has 1 fully saturated rings. The van der Waals surface area contributed by atoms with Crippen molar-refractivity contribution in [2.75, 3.05) is 33.2 Å². The van der Waals surface area contributed by atoms with Crippen molar-refractivity contribution in [2.45, 2.75) is 25.3 Å². The highest BCUT2D eigenvalue weighted by atomic mass is 19.1. The molecule has 4 nitrogen and oxygen atoms in total. The third kappa shape index (κ3) is 4.74. The molecule has 122 valence electrons. The molecule has 1 amide bonds. The number of rotatable bonds is 6. The predicted molar refractivity (Wildman–Crippen MR) is 81.6 cm³/mol. The number of carbonyl (C=O) groups is 1. The van der Waals surface area contributed by atoms with Crippen LogP contribution in [0.5, 0.6) is 0 Å². The van der Waals surface area contributed by atoms with Crippen molar-refractivity contribution in [2.24, 2.45) is 0 Å². The molecular weight excluding hydrogens is 288 g/mol. The fourth-order valence-electron chi connectivity index (χ4n) is 2.79. The quantitative estimate of drug-likeness (QED) is 0.832. The molecule has 1 saturated heterocycles. The van der Waals surface area contributed by atoms with Gasteiger partial charge in [0.1, 0.15) is 11.6 Å². The van der Waals surface area contributed by atoms with Gasteiger partial charge in [0.2, 0.25) is 5.91 Å². The van der Waals surface area contributed by atoms with E-state index < -0.39 is 11.6 Å². The van der Waals surface area contributed by atoms with Gasteiger partial charge in [0.15, 0.2) is 0 Å². The van der Waals surface area contributed by atoms with Gasteiger partial charge < -0.3 is 10.6 Å². The number of amides is 1. The minimum absolute atomic E-state index is 0.0241. The smallest absolute Gasteiger partial charge is 0.234 e. The van der Waals surface area contributed by atoms with Crippen LogP contribution >= 0.6 is 0 Å². The third-order valence-electron chi connectivity index (χ3n) is 4.04. The molecule has 0 spiro atoms. The number of piperidine rings is 1. The zero-order chi connectivity index (χ0) is 15.9. The number of nitrogens with zero attached hydrogens (tertiary/aromatic N) is 1. The number of halogens is 2. The third-order valence-corrected chi connectivity index (χ3v) is 4.04. The molecule has 1 aliphatic rings. The van der Waals surface area contributed by atoms with E-state index in [0.717, 1.165) is 25.9 Å². The van der Waals surface area contributed by atoms with Crippen molar-refractivity contribution in [3.63, 3.8) is 0 Å². The average molecular weight is 311 g/mol. The van der Waals surface area contributed by atoms with Crippen molar-refractivity contribution in [1.29, 1.82) is 0 Å². The molecule has 0 radical (unpaired) electrons. The molecule has 1 unspecified atom stereocenters. The summed E-state index contributed by atoms with van der Waals surface area (Å²) in [5.74, 6) is -1.24. The van der Waals surface area contributed by atoms with Crippen LogP contribution in [0.15, 0.2) is 18.2 Å². The van der Waals surface area contributed by atoms with Gasteiger partial charge in [-0.3, -0.25) is 9.69 Å². The molecule has 1 aliphatic heterocycles. The molecule has 0 aliphatic carbocycles. The Bertz CT molecular complexity index is 490. The van der Waals surface area contributed by atoms with Crippen LogP contribution in [0.1, 0.15) is 18.4 Å². The van der Waals surface area contributed by atoms with Gasteiger partial charge in [-0.2, -0.15) is 0 Å². The van der Waals surface area contributed by atoms with Crippen LogP contribution in [0.3, 0.4) is 0 Å². The first-order valence-electron chi connectivity index (χ1n) is 7.69. The lowest BCUT2D eigenvalue weighted by atomic mass is 10.1. The Kier molecular flexibility index (Phi) is 6.27. The Labute approximate surface area is 129 Å². The van der Waals surface area contributed by atoms with Gasteiger partial charge in [-0.1, -0.05) is 6.07 Å². The maximum Gasteiger partial charge on any atom is 0.234 e. The monoisotopic (exact) mass is 311 g/mol. The van der Waals surface area contributed by atoms with Crippen LogP contribution in [0.25, 0.3) is 0 Å². The summed E-state index contributed by atoms with van der Waals surface area (Å²) in [6.07, 6.45) is 2.35. The van der Waals surface area contributed by atoms with E-state index in [1.165, 1.54) is 18.2 Å². The highest BCUT2D eigenvalue weighted by Gasteiger charge is 2.20. The first-order chi connectivity index (χ1) is 10.6. The number of hydrogen-bond acceptors (Lipinski definition) is 3. The van der Waals surface area contributed by atoms with Gasteiger partial charge in [0.25, 0.3) is 0 Å². The Hall–Kier alpha value is -1.53. The zero-order valence-electron chi connectivity index (χ0n) is 12.9. The van der Waals surface area contributed by atoms with Crippen LogP contribution < -0.4 is 10.6 Å². The number of nitrogens with one attached hydrogen (secondary N) is 2. The van der Waals surface area contributed by atoms with Crippen molar-refractivity contribution < 1.29 is 13.6 Å². The van der Waals surface area contributed by atoms with Crippen molar-refractivity contribution in [1.82, 2.24) is 15.5 Å². The zero-order valence-corrected chi connectivity index (χ0v) is 12.9. The van der Waals surface area contributed by atoms with Crippen LogP contribution in [0.2, 0.25) is 0 Å². The molecule has 1 aromatic rings. The van der Waals surface area contributed by atoms with Crippen molar-refractivity contribution >= 4 is 5.91 Å². The summed E-state index contributed by atoms with van der Waals surface area (Å²) in [5, 5.41) is 5.96. The molecule has 0 bridgehead atoms. The summed E-state index contributed by atoms with van der Waals surface area (Å²) in [7, 11) is 1.93. The second-order valence-corrected chi connectivity index (χ2v) is 5.66. The second kappa shape index (κ2) is 8.19. The SMILES string of the molecule is CNC1CCCN(CC(=O)NCCc2c(F)cccc2F)C1. The molecular formula is C16H23F2N3O. The van der Waals surface area contributed by atoms with Crippen molar-refractivity contribution in [3.8, 4) is 0 Å². The minimum Gasteiger partial charge on any atom is -0.355 e. The van der Waals surface area contributed by atoms with Crippen LogP contribution in [0.4, 0.5) is 8.78 Å². The Morgan fingerprint density at radius 2 is 2.09 bits per heavy atom. The summed E-state index contributed by atoms with van der Waals surface area (Å²) < 4.78 is 26.9. The second-order valence-electron chi connectivity index (χ2n) is 5.66. The van der Waals surface area contributed by atoms with Gasteiger partial charge in [-0.05, 0) is 45.0 Å². The molecule has 0 aromatic heterocycles. The van der Waals surface area contributed by atoms with Gasteiger partial charge in [-0.15, -0.1) is 0 Å². The summed E-state index contributed by atoms with van der Waals surface area (Å²) in [6, 6.07) is 4.22. The number of likely N-dealkylation sites (N-methyl/N-ethyl adjacent to an activating group) is 1. The van der Waals surface area contributed by atoms with Gasteiger partial charge in [-0.25, -0.2) is 8.78 Å². The molecule has 2 N–H and O–H groups in total. The van der Waals surface area contributed by atoms with Gasteiger partial charge in [0, 0.05) is 24.7 Å². The summed E-state index contributed by atoms with van der Waals surface area (Å²) in [6.45, 7) is 2.33. The molecule has 22 heavy (non-hydrogen) atoms. The standard InChI is InChI=1S/C16H23F2N3O/c1-19-12-4-3-9-21(10-12)11-16(22)20-8-7-13-14(17)5-2-6-15(13)18/h2,5-6,12,19H,3-4,7-11H2,1H3,(H,20,22). The first kappa shape index (κ1) is 16.8. The van der Waals surface area contributed by atoms with Crippen LogP contribution in [-0.4, -0.2) is 50.1 Å². The first-order valence-corrected chi connectivity index (χ1v) is 7.69. The van der Waals surface area contributed by atoms with Crippen LogP contribution in [0, 0.1) is 11.6 Å². The highest BCUT2D eigenvalue weighted by molar-refractivity contribution is 5.78. The molecule has 1 aromatic carbocycles. The number of benzene rings is 1.